The SMILES string of the molecule is NCCN1CC2CCCC2c2ccccc21. The Balaban J connectivity index is 1.99. The molecule has 86 valence electrons. The Morgan fingerprint density at radius 1 is 1.25 bits per heavy atom. The van der Waals surface area contributed by atoms with E-state index in [1.54, 1.807) is 5.56 Å². The number of nitrogens with two attached hydrogens (primary N) is 1. The van der Waals surface area contributed by atoms with E-state index in [0.29, 0.717) is 0 Å². The summed E-state index contributed by atoms with van der Waals surface area (Å²) >= 11 is 0. The minimum absolute atomic E-state index is 0.756. The van der Waals surface area contributed by atoms with Crippen LogP contribution in [0.2, 0.25) is 0 Å². The molecule has 1 aliphatic carbocycles. The molecule has 0 spiro atoms. The smallest absolute Gasteiger partial charge is 0.0402 e. The zero-order valence-electron chi connectivity index (χ0n) is 9.73. The molecular weight excluding hydrogens is 196 g/mol. The number of hydrogen-bond donors (Lipinski definition) is 1. The van der Waals surface area contributed by atoms with Crippen molar-refractivity contribution < 1.29 is 0 Å². The summed E-state index contributed by atoms with van der Waals surface area (Å²) < 4.78 is 0. The van der Waals surface area contributed by atoms with Gasteiger partial charge in [0.2, 0.25) is 0 Å². The first-order valence-electron chi connectivity index (χ1n) is 6.44. The standard InChI is InChI=1S/C14H20N2/c15-8-9-16-10-11-4-3-6-12(11)13-5-1-2-7-14(13)16/h1-2,5,7,11-12H,3-4,6,8-10,15H2. The zero-order valence-corrected chi connectivity index (χ0v) is 9.73. The molecule has 2 atom stereocenters. The van der Waals surface area contributed by atoms with Crippen LogP contribution in [0.3, 0.4) is 0 Å². The Labute approximate surface area is 97.4 Å². The van der Waals surface area contributed by atoms with Crippen LogP contribution in [-0.4, -0.2) is 19.6 Å². The molecule has 2 N–H and O–H groups in total. The molecule has 0 aromatic heterocycles. The fourth-order valence-electron chi connectivity index (χ4n) is 3.50. The van der Waals surface area contributed by atoms with Crippen molar-refractivity contribution in [1.82, 2.24) is 0 Å². The summed E-state index contributed by atoms with van der Waals surface area (Å²) in [6, 6.07) is 8.91. The first kappa shape index (κ1) is 10.2. The lowest BCUT2D eigenvalue weighted by atomic mass is 9.84. The van der Waals surface area contributed by atoms with E-state index in [2.05, 4.69) is 29.2 Å². The lowest BCUT2D eigenvalue weighted by molar-refractivity contribution is 0.455. The molecule has 2 unspecified atom stereocenters. The Morgan fingerprint density at radius 3 is 3.00 bits per heavy atom. The normalized spacial score (nSPS) is 27.7. The van der Waals surface area contributed by atoms with E-state index in [-0.39, 0.29) is 0 Å². The van der Waals surface area contributed by atoms with E-state index in [1.165, 1.54) is 31.5 Å². The van der Waals surface area contributed by atoms with Crippen LogP contribution in [0.5, 0.6) is 0 Å². The maximum Gasteiger partial charge on any atom is 0.0402 e. The largest absolute Gasteiger partial charge is 0.370 e. The summed E-state index contributed by atoms with van der Waals surface area (Å²) in [6.45, 7) is 2.98. The van der Waals surface area contributed by atoms with Crippen molar-refractivity contribution in [1.29, 1.82) is 0 Å². The van der Waals surface area contributed by atoms with Gasteiger partial charge >= 0.3 is 0 Å². The third-order valence-corrected chi connectivity index (χ3v) is 4.19. The van der Waals surface area contributed by atoms with Gasteiger partial charge in [-0.1, -0.05) is 24.6 Å². The molecule has 1 aromatic rings. The van der Waals surface area contributed by atoms with Crippen LogP contribution in [0.15, 0.2) is 24.3 Å². The maximum absolute atomic E-state index is 5.71. The topological polar surface area (TPSA) is 29.3 Å². The van der Waals surface area contributed by atoms with E-state index in [4.69, 9.17) is 5.73 Å². The van der Waals surface area contributed by atoms with E-state index >= 15 is 0 Å². The highest BCUT2D eigenvalue weighted by Crippen LogP contribution is 2.47. The molecular formula is C14H20N2. The third-order valence-electron chi connectivity index (χ3n) is 4.19. The van der Waals surface area contributed by atoms with Crippen molar-refractivity contribution >= 4 is 5.69 Å². The van der Waals surface area contributed by atoms with Crippen LogP contribution in [0, 0.1) is 5.92 Å². The quantitative estimate of drug-likeness (QED) is 0.822. The lowest BCUT2D eigenvalue weighted by Gasteiger charge is -2.38. The number of benzene rings is 1. The van der Waals surface area contributed by atoms with Crippen LogP contribution >= 0.6 is 0 Å². The molecule has 0 amide bonds. The monoisotopic (exact) mass is 216 g/mol. The van der Waals surface area contributed by atoms with Gasteiger partial charge in [0, 0.05) is 25.3 Å². The summed E-state index contributed by atoms with van der Waals surface area (Å²) in [5, 5.41) is 0. The van der Waals surface area contributed by atoms with Crippen LogP contribution in [0.1, 0.15) is 30.7 Å². The van der Waals surface area contributed by atoms with Crippen molar-refractivity contribution in [2.75, 3.05) is 24.5 Å². The second-order valence-electron chi connectivity index (χ2n) is 5.09. The predicted octanol–water partition coefficient (Wildman–Crippen LogP) is 2.35. The van der Waals surface area contributed by atoms with Crippen LogP contribution < -0.4 is 10.6 Å². The van der Waals surface area contributed by atoms with Crippen molar-refractivity contribution in [3.8, 4) is 0 Å². The molecule has 2 aliphatic rings. The fourth-order valence-corrected chi connectivity index (χ4v) is 3.50. The molecule has 1 saturated carbocycles. The Morgan fingerprint density at radius 2 is 2.12 bits per heavy atom. The van der Waals surface area contributed by atoms with Gasteiger partial charge in [0.1, 0.15) is 0 Å². The Bertz CT molecular complexity index is 375. The molecule has 0 saturated heterocycles. The van der Waals surface area contributed by atoms with Gasteiger partial charge in [0.05, 0.1) is 0 Å². The molecule has 0 bridgehead atoms. The highest BCUT2D eigenvalue weighted by atomic mass is 15.1. The summed E-state index contributed by atoms with van der Waals surface area (Å²) in [5.74, 6) is 1.70. The average Bonchev–Trinajstić information content (AvgIpc) is 2.78. The summed E-state index contributed by atoms with van der Waals surface area (Å²) in [6.07, 6.45) is 4.19. The van der Waals surface area contributed by atoms with Gasteiger partial charge in [-0.25, -0.2) is 0 Å². The zero-order chi connectivity index (χ0) is 11.0. The molecule has 0 radical (unpaired) electrons. The van der Waals surface area contributed by atoms with E-state index in [1.807, 2.05) is 0 Å². The fraction of sp³-hybridized carbons (Fsp3) is 0.571. The number of rotatable bonds is 2. The molecule has 1 heterocycles. The van der Waals surface area contributed by atoms with Gasteiger partial charge in [-0.2, -0.15) is 0 Å². The third kappa shape index (κ3) is 1.52. The van der Waals surface area contributed by atoms with Crippen molar-refractivity contribution in [3.05, 3.63) is 29.8 Å². The second kappa shape index (κ2) is 4.10. The van der Waals surface area contributed by atoms with Crippen LogP contribution in [0.4, 0.5) is 5.69 Å². The highest BCUT2D eigenvalue weighted by Gasteiger charge is 2.35. The first-order chi connectivity index (χ1) is 7.90. The van der Waals surface area contributed by atoms with E-state index in [9.17, 15) is 0 Å². The molecule has 2 nitrogen and oxygen atoms in total. The van der Waals surface area contributed by atoms with E-state index < -0.39 is 0 Å². The molecule has 1 aliphatic heterocycles. The molecule has 1 aromatic carbocycles. The van der Waals surface area contributed by atoms with Crippen LogP contribution in [-0.2, 0) is 0 Å². The number of anilines is 1. The van der Waals surface area contributed by atoms with Gasteiger partial charge in [-0.15, -0.1) is 0 Å². The Hall–Kier alpha value is -1.02. The number of para-hydroxylation sites is 1. The number of nitrogens with zero attached hydrogens (tertiary/aromatic N) is 1. The average molecular weight is 216 g/mol. The summed E-state index contributed by atoms with van der Waals surface area (Å²) in [7, 11) is 0. The van der Waals surface area contributed by atoms with E-state index in [0.717, 1.165) is 24.9 Å². The van der Waals surface area contributed by atoms with Crippen molar-refractivity contribution in [3.63, 3.8) is 0 Å². The van der Waals surface area contributed by atoms with Crippen molar-refractivity contribution in [2.24, 2.45) is 11.7 Å². The van der Waals surface area contributed by atoms with Gasteiger partial charge < -0.3 is 10.6 Å². The summed E-state index contributed by atoms with van der Waals surface area (Å²) in [4.78, 5) is 2.49. The number of fused-ring (bicyclic) bond motifs is 3. The van der Waals surface area contributed by atoms with Gasteiger partial charge in [0.25, 0.3) is 0 Å². The molecule has 2 heteroatoms. The van der Waals surface area contributed by atoms with Crippen molar-refractivity contribution in [2.45, 2.75) is 25.2 Å². The second-order valence-corrected chi connectivity index (χ2v) is 5.09. The number of hydrogen-bond acceptors (Lipinski definition) is 2. The lowest BCUT2D eigenvalue weighted by Crippen LogP contribution is -2.38. The highest BCUT2D eigenvalue weighted by molar-refractivity contribution is 5.58. The minimum Gasteiger partial charge on any atom is -0.370 e. The maximum atomic E-state index is 5.71. The van der Waals surface area contributed by atoms with Gasteiger partial charge in [-0.05, 0) is 36.3 Å². The Kier molecular flexibility index (Phi) is 2.60. The molecule has 16 heavy (non-hydrogen) atoms. The summed E-state index contributed by atoms with van der Waals surface area (Å²) in [5.41, 5.74) is 8.73. The van der Waals surface area contributed by atoms with Gasteiger partial charge in [0.15, 0.2) is 0 Å². The molecule has 3 rings (SSSR count). The predicted molar refractivity (Wildman–Crippen MR) is 67.8 cm³/mol. The first-order valence-corrected chi connectivity index (χ1v) is 6.44. The minimum atomic E-state index is 0.756. The van der Waals surface area contributed by atoms with Crippen LogP contribution in [0.25, 0.3) is 0 Å². The van der Waals surface area contributed by atoms with Gasteiger partial charge in [-0.3, -0.25) is 0 Å². The molecule has 1 fully saturated rings.